The first-order chi connectivity index (χ1) is 10.4. The Morgan fingerprint density at radius 2 is 1.95 bits per heavy atom. The zero-order chi connectivity index (χ0) is 16.2. The summed E-state index contributed by atoms with van der Waals surface area (Å²) in [5, 5.41) is 2.94. The van der Waals surface area contributed by atoms with Crippen molar-refractivity contribution in [2.45, 2.75) is 31.6 Å². The van der Waals surface area contributed by atoms with Gasteiger partial charge in [-0.15, -0.1) is 0 Å². The first kappa shape index (κ1) is 17.0. The Morgan fingerprint density at radius 1 is 1.27 bits per heavy atom. The van der Waals surface area contributed by atoms with Crippen LogP contribution in [0.2, 0.25) is 0 Å². The molecular formula is C16H24N2O3S. The van der Waals surface area contributed by atoms with Crippen molar-refractivity contribution in [1.29, 1.82) is 0 Å². The van der Waals surface area contributed by atoms with E-state index in [4.69, 9.17) is 5.73 Å². The van der Waals surface area contributed by atoms with Crippen LogP contribution in [-0.4, -0.2) is 27.1 Å². The second-order valence-electron chi connectivity index (χ2n) is 6.09. The van der Waals surface area contributed by atoms with Crippen LogP contribution in [0.4, 0.5) is 0 Å². The standard InChI is InChI=1S/C16H24N2O3S/c1-22(20,21)11-14-6-3-2-5-13(14)10-18-16(19)15-8-4-7-12(15)9-17/h2-3,5-6,12,15H,4,7-11,17H2,1H3,(H,18,19)/t12-,15-/m1/s1. The monoisotopic (exact) mass is 324 g/mol. The fourth-order valence-electron chi connectivity index (χ4n) is 3.13. The maximum Gasteiger partial charge on any atom is 0.223 e. The lowest BCUT2D eigenvalue weighted by Crippen LogP contribution is -2.34. The van der Waals surface area contributed by atoms with Gasteiger partial charge in [0, 0.05) is 18.7 Å². The normalized spacial score (nSPS) is 21.7. The van der Waals surface area contributed by atoms with Crippen LogP contribution in [0.1, 0.15) is 30.4 Å². The highest BCUT2D eigenvalue weighted by Crippen LogP contribution is 2.31. The average Bonchev–Trinajstić information content (AvgIpc) is 2.93. The molecule has 6 heteroatoms. The molecule has 2 atom stereocenters. The molecule has 0 bridgehead atoms. The molecule has 122 valence electrons. The summed E-state index contributed by atoms with van der Waals surface area (Å²) in [4.78, 5) is 12.3. The molecule has 0 saturated heterocycles. The van der Waals surface area contributed by atoms with Gasteiger partial charge in [0.15, 0.2) is 9.84 Å². The van der Waals surface area contributed by atoms with Gasteiger partial charge in [0.25, 0.3) is 0 Å². The molecule has 22 heavy (non-hydrogen) atoms. The van der Waals surface area contributed by atoms with Crippen LogP contribution in [-0.2, 0) is 26.9 Å². The molecule has 1 aromatic rings. The van der Waals surface area contributed by atoms with Crippen LogP contribution in [0.15, 0.2) is 24.3 Å². The van der Waals surface area contributed by atoms with Crippen LogP contribution in [0.5, 0.6) is 0 Å². The molecule has 1 aliphatic rings. The van der Waals surface area contributed by atoms with E-state index in [9.17, 15) is 13.2 Å². The maximum absolute atomic E-state index is 12.3. The quantitative estimate of drug-likeness (QED) is 0.823. The van der Waals surface area contributed by atoms with E-state index in [0.717, 1.165) is 30.4 Å². The Balaban J connectivity index is 2.01. The van der Waals surface area contributed by atoms with E-state index >= 15 is 0 Å². The summed E-state index contributed by atoms with van der Waals surface area (Å²) >= 11 is 0. The van der Waals surface area contributed by atoms with Crippen LogP contribution in [0, 0.1) is 11.8 Å². The predicted octanol–water partition coefficient (Wildman–Crippen LogP) is 1.22. The van der Waals surface area contributed by atoms with Crippen molar-refractivity contribution in [1.82, 2.24) is 5.32 Å². The third-order valence-corrected chi connectivity index (χ3v) is 5.12. The summed E-state index contributed by atoms with van der Waals surface area (Å²) < 4.78 is 23.0. The predicted molar refractivity (Wildman–Crippen MR) is 86.7 cm³/mol. The van der Waals surface area contributed by atoms with E-state index in [-0.39, 0.29) is 23.5 Å². The van der Waals surface area contributed by atoms with Gasteiger partial charge in [-0.2, -0.15) is 0 Å². The fourth-order valence-corrected chi connectivity index (χ4v) is 3.98. The van der Waals surface area contributed by atoms with Crippen molar-refractivity contribution in [3.05, 3.63) is 35.4 Å². The van der Waals surface area contributed by atoms with Crippen molar-refractivity contribution < 1.29 is 13.2 Å². The van der Waals surface area contributed by atoms with Gasteiger partial charge in [-0.05, 0) is 36.4 Å². The number of nitrogens with two attached hydrogens (primary N) is 1. The molecule has 5 nitrogen and oxygen atoms in total. The second kappa shape index (κ2) is 7.24. The molecule has 1 aromatic carbocycles. The number of hydrogen-bond donors (Lipinski definition) is 2. The van der Waals surface area contributed by atoms with Crippen molar-refractivity contribution in [3.8, 4) is 0 Å². The smallest absolute Gasteiger partial charge is 0.223 e. The summed E-state index contributed by atoms with van der Waals surface area (Å²) in [6.45, 7) is 0.904. The molecule has 0 spiro atoms. The molecule has 0 radical (unpaired) electrons. The highest BCUT2D eigenvalue weighted by molar-refractivity contribution is 7.89. The fraction of sp³-hybridized carbons (Fsp3) is 0.562. The number of hydrogen-bond acceptors (Lipinski definition) is 4. The van der Waals surface area contributed by atoms with Gasteiger partial charge in [0.1, 0.15) is 0 Å². The Labute approximate surface area is 132 Å². The van der Waals surface area contributed by atoms with Crippen LogP contribution < -0.4 is 11.1 Å². The van der Waals surface area contributed by atoms with E-state index in [0.29, 0.717) is 13.1 Å². The van der Waals surface area contributed by atoms with Crippen molar-refractivity contribution in [3.63, 3.8) is 0 Å². The Hall–Kier alpha value is -1.40. The summed E-state index contributed by atoms with van der Waals surface area (Å²) in [6.07, 6.45) is 4.16. The summed E-state index contributed by atoms with van der Waals surface area (Å²) in [5.74, 6) is 0.286. The minimum absolute atomic E-state index is 0.00605. The number of rotatable bonds is 6. The lowest BCUT2D eigenvalue weighted by atomic mass is 9.95. The summed E-state index contributed by atoms with van der Waals surface area (Å²) in [7, 11) is -3.10. The molecule has 2 rings (SSSR count). The van der Waals surface area contributed by atoms with Gasteiger partial charge in [0.05, 0.1) is 5.75 Å². The summed E-state index contributed by atoms with van der Waals surface area (Å²) in [6, 6.07) is 7.31. The lowest BCUT2D eigenvalue weighted by molar-refractivity contribution is -0.126. The first-order valence-corrected chi connectivity index (χ1v) is 9.69. The first-order valence-electron chi connectivity index (χ1n) is 7.63. The zero-order valence-corrected chi connectivity index (χ0v) is 13.7. The van der Waals surface area contributed by atoms with Gasteiger partial charge in [-0.3, -0.25) is 4.79 Å². The highest BCUT2D eigenvalue weighted by atomic mass is 32.2. The van der Waals surface area contributed by atoms with Crippen LogP contribution >= 0.6 is 0 Å². The third-order valence-electron chi connectivity index (χ3n) is 4.29. The number of amides is 1. The van der Waals surface area contributed by atoms with Crippen molar-refractivity contribution in [2.75, 3.05) is 12.8 Å². The minimum atomic E-state index is -3.10. The van der Waals surface area contributed by atoms with E-state index in [2.05, 4.69) is 5.32 Å². The number of carbonyl (C=O) groups excluding carboxylic acids is 1. The Morgan fingerprint density at radius 3 is 2.59 bits per heavy atom. The lowest BCUT2D eigenvalue weighted by Gasteiger charge is -2.18. The molecule has 1 fully saturated rings. The van der Waals surface area contributed by atoms with Crippen LogP contribution in [0.3, 0.4) is 0 Å². The third kappa shape index (κ3) is 4.55. The largest absolute Gasteiger partial charge is 0.352 e. The molecule has 1 saturated carbocycles. The van der Waals surface area contributed by atoms with E-state index in [1.165, 1.54) is 6.26 Å². The van der Waals surface area contributed by atoms with Gasteiger partial charge in [-0.25, -0.2) is 8.42 Å². The highest BCUT2D eigenvalue weighted by Gasteiger charge is 2.31. The summed E-state index contributed by atoms with van der Waals surface area (Å²) in [5.41, 5.74) is 7.31. The minimum Gasteiger partial charge on any atom is -0.352 e. The zero-order valence-electron chi connectivity index (χ0n) is 12.9. The molecule has 0 aromatic heterocycles. The van der Waals surface area contributed by atoms with E-state index < -0.39 is 9.84 Å². The molecule has 0 heterocycles. The van der Waals surface area contributed by atoms with Crippen LogP contribution in [0.25, 0.3) is 0 Å². The van der Waals surface area contributed by atoms with Crippen molar-refractivity contribution in [2.24, 2.45) is 17.6 Å². The average molecular weight is 324 g/mol. The number of sulfone groups is 1. The molecular weight excluding hydrogens is 300 g/mol. The number of nitrogens with one attached hydrogen (secondary N) is 1. The molecule has 0 aliphatic heterocycles. The van der Waals surface area contributed by atoms with E-state index in [1.807, 2.05) is 18.2 Å². The molecule has 3 N–H and O–H groups in total. The number of carbonyl (C=O) groups is 1. The Kier molecular flexibility index (Phi) is 5.58. The number of benzene rings is 1. The van der Waals surface area contributed by atoms with Gasteiger partial charge < -0.3 is 11.1 Å². The van der Waals surface area contributed by atoms with Gasteiger partial charge >= 0.3 is 0 Å². The molecule has 0 unspecified atom stereocenters. The maximum atomic E-state index is 12.3. The molecule has 1 amide bonds. The molecule has 1 aliphatic carbocycles. The van der Waals surface area contributed by atoms with E-state index in [1.54, 1.807) is 6.07 Å². The van der Waals surface area contributed by atoms with Gasteiger partial charge in [0.2, 0.25) is 5.91 Å². The Bertz CT molecular complexity index is 628. The SMILES string of the molecule is CS(=O)(=O)Cc1ccccc1CNC(=O)[C@@H]1CCC[C@@H]1CN. The topological polar surface area (TPSA) is 89.3 Å². The van der Waals surface area contributed by atoms with Crippen molar-refractivity contribution >= 4 is 15.7 Å². The second-order valence-corrected chi connectivity index (χ2v) is 8.23. The van der Waals surface area contributed by atoms with Gasteiger partial charge in [-0.1, -0.05) is 30.7 Å².